The number of benzene rings is 2. The van der Waals surface area contributed by atoms with Gasteiger partial charge < -0.3 is 14.8 Å². The SMILES string of the molecule is CCOc1ccc(NC(=O)C2(c3ccc(OC)cc3)CCCCC2)cc1C. The van der Waals surface area contributed by atoms with Gasteiger partial charge >= 0.3 is 0 Å². The Balaban J connectivity index is 1.86. The molecule has 0 atom stereocenters. The molecule has 0 bridgehead atoms. The van der Waals surface area contributed by atoms with Crippen molar-refractivity contribution in [1.82, 2.24) is 0 Å². The Bertz CT molecular complexity index is 777. The van der Waals surface area contributed by atoms with Crippen LogP contribution in [0.15, 0.2) is 42.5 Å². The summed E-state index contributed by atoms with van der Waals surface area (Å²) in [6.45, 7) is 4.60. The van der Waals surface area contributed by atoms with Crippen LogP contribution in [0.25, 0.3) is 0 Å². The smallest absolute Gasteiger partial charge is 0.235 e. The lowest BCUT2D eigenvalue weighted by Gasteiger charge is -2.36. The molecule has 0 unspecified atom stereocenters. The Kier molecular flexibility index (Phi) is 6.04. The molecule has 144 valence electrons. The van der Waals surface area contributed by atoms with Gasteiger partial charge in [-0.3, -0.25) is 4.79 Å². The van der Waals surface area contributed by atoms with Crippen LogP contribution >= 0.6 is 0 Å². The zero-order valence-electron chi connectivity index (χ0n) is 16.5. The summed E-state index contributed by atoms with van der Waals surface area (Å²) in [5.74, 6) is 1.75. The van der Waals surface area contributed by atoms with Crippen LogP contribution in [-0.2, 0) is 10.2 Å². The van der Waals surface area contributed by atoms with Gasteiger partial charge in [0.2, 0.25) is 5.91 Å². The highest BCUT2D eigenvalue weighted by Crippen LogP contribution is 2.41. The number of anilines is 1. The first-order chi connectivity index (χ1) is 13.1. The van der Waals surface area contributed by atoms with Crippen molar-refractivity contribution in [3.05, 3.63) is 53.6 Å². The summed E-state index contributed by atoms with van der Waals surface area (Å²) in [4.78, 5) is 13.4. The van der Waals surface area contributed by atoms with Gasteiger partial charge in [0, 0.05) is 5.69 Å². The van der Waals surface area contributed by atoms with Gasteiger partial charge in [0.15, 0.2) is 0 Å². The van der Waals surface area contributed by atoms with Crippen molar-refractivity contribution >= 4 is 11.6 Å². The molecule has 1 saturated carbocycles. The Hall–Kier alpha value is -2.49. The Labute approximate surface area is 161 Å². The molecule has 1 N–H and O–H groups in total. The maximum absolute atomic E-state index is 13.4. The summed E-state index contributed by atoms with van der Waals surface area (Å²) in [7, 11) is 1.66. The zero-order chi connectivity index (χ0) is 19.3. The van der Waals surface area contributed by atoms with E-state index < -0.39 is 5.41 Å². The Morgan fingerprint density at radius 3 is 2.37 bits per heavy atom. The second-order valence-corrected chi connectivity index (χ2v) is 7.24. The molecule has 1 aliphatic rings. The van der Waals surface area contributed by atoms with Crippen molar-refractivity contribution in [2.45, 2.75) is 51.4 Å². The van der Waals surface area contributed by atoms with Gasteiger partial charge in [-0.15, -0.1) is 0 Å². The molecule has 0 saturated heterocycles. The molecule has 0 aromatic heterocycles. The van der Waals surface area contributed by atoms with E-state index in [1.807, 2.05) is 56.3 Å². The topological polar surface area (TPSA) is 47.6 Å². The average Bonchev–Trinajstić information content (AvgIpc) is 2.70. The van der Waals surface area contributed by atoms with Crippen LogP contribution < -0.4 is 14.8 Å². The molecule has 0 spiro atoms. The first kappa shape index (κ1) is 19.3. The molecule has 1 amide bonds. The summed E-state index contributed by atoms with van der Waals surface area (Å²) in [5, 5.41) is 3.16. The van der Waals surface area contributed by atoms with Gasteiger partial charge in [0.1, 0.15) is 11.5 Å². The number of nitrogens with one attached hydrogen (secondary N) is 1. The molecule has 3 rings (SSSR count). The molecule has 4 nitrogen and oxygen atoms in total. The van der Waals surface area contributed by atoms with Crippen molar-refractivity contribution < 1.29 is 14.3 Å². The van der Waals surface area contributed by atoms with E-state index >= 15 is 0 Å². The van der Waals surface area contributed by atoms with Gasteiger partial charge in [-0.2, -0.15) is 0 Å². The largest absolute Gasteiger partial charge is 0.497 e. The molecule has 1 aliphatic carbocycles. The third-order valence-corrected chi connectivity index (χ3v) is 5.52. The fourth-order valence-corrected chi connectivity index (χ4v) is 4.01. The number of aryl methyl sites for hydroxylation is 1. The average molecular weight is 367 g/mol. The fourth-order valence-electron chi connectivity index (χ4n) is 4.01. The van der Waals surface area contributed by atoms with E-state index in [0.29, 0.717) is 6.61 Å². The minimum Gasteiger partial charge on any atom is -0.497 e. The second-order valence-electron chi connectivity index (χ2n) is 7.24. The van der Waals surface area contributed by atoms with Crippen molar-refractivity contribution in [3.63, 3.8) is 0 Å². The quantitative estimate of drug-likeness (QED) is 0.759. The van der Waals surface area contributed by atoms with Gasteiger partial charge in [-0.1, -0.05) is 31.4 Å². The first-order valence-electron chi connectivity index (χ1n) is 9.78. The Morgan fingerprint density at radius 1 is 1.07 bits per heavy atom. The van der Waals surface area contributed by atoms with Crippen molar-refractivity contribution in [1.29, 1.82) is 0 Å². The first-order valence-corrected chi connectivity index (χ1v) is 9.78. The van der Waals surface area contributed by atoms with E-state index in [-0.39, 0.29) is 5.91 Å². The lowest BCUT2D eigenvalue weighted by molar-refractivity contribution is -0.122. The maximum atomic E-state index is 13.4. The minimum absolute atomic E-state index is 0.0796. The van der Waals surface area contributed by atoms with E-state index in [1.165, 1.54) is 6.42 Å². The number of hydrogen-bond donors (Lipinski definition) is 1. The number of hydrogen-bond acceptors (Lipinski definition) is 3. The summed E-state index contributed by atoms with van der Waals surface area (Å²) < 4.78 is 10.9. The van der Waals surface area contributed by atoms with Crippen molar-refractivity contribution in [3.8, 4) is 11.5 Å². The molecule has 4 heteroatoms. The zero-order valence-corrected chi connectivity index (χ0v) is 16.5. The summed E-state index contributed by atoms with van der Waals surface area (Å²) in [6.07, 6.45) is 5.08. The fraction of sp³-hybridized carbons (Fsp3) is 0.435. The van der Waals surface area contributed by atoms with Crippen LogP contribution in [0.5, 0.6) is 11.5 Å². The third kappa shape index (κ3) is 4.10. The van der Waals surface area contributed by atoms with Gasteiger partial charge in [-0.05, 0) is 68.1 Å². The molecule has 27 heavy (non-hydrogen) atoms. The van der Waals surface area contributed by atoms with Gasteiger partial charge in [0.05, 0.1) is 19.1 Å². The number of carbonyl (C=O) groups is 1. The van der Waals surface area contributed by atoms with E-state index in [4.69, 9.17) is 9.47 Å². The highest BCUT2D eigenvalue weighted by molar-refractivity contribution is 5.99. The van der Waals surface area contributed by atoms with Crippen LogP contribution in [0.4, 0.5) is 5.69 Å². The van der Waals surface area contributed by atoms with Gasteiger partial charge in [-0.25, -0.2) is 0 Å². The van der Waals surface area contributed by atoms with E-state index in [1.54, 1.807) is 7.11 Å². The monoisotopic (exact) mass is 367 g/mol. The van der Waals surface area contributed by atoms with E-state index in [0.717, 1.165) is 54.0 Å². The lowest BCUT2D eigenvalue weighted by Crippen LogP contribution is -2.42. The molecular formula is C23H29NO3. The van der Waals surface area contributed by atoms with Crippen LogP contribution in [-0.4, -0.2) is 19.6 Å². The predicted molar refractivity (Wildman–Crippen MR) is 109 cm³/mol. The highest BCUT2D eigenvalue weighted by Gasteiger charge is 2.41. The van der Waals surface area contributed by atoms with Crippen molar-refractivity contribution in [2.24, 2.45) is 0 Å². The number of rotatable bonds is 6. The number of methoxy groups -OCH3 is 1. The molecule has 0 aliphatic heterocycles. The third-order valence-electron chi connectivity index (χ3n) is 5.52. The molecule has 0 radical (unpaired) electrons. The lowest BCUT2D eigenvalue weighted by atomic mass is 9.68. The molecule has 2 aromatic rings. The summed E-state index contributed by atoms with van der Waals surface area (Å²) in [5.41, 5.74) is 2.44. The number of amides is 1. The Morgan fingerprint density at radius 2 is 1.78 bits per heavy atom. The molecule has 1 fully saturated rings. The maximum Gasteiger partial charge on any atom is 0.235 e. The summed E-state index contributed by atoms with van der Waals surface area (Å²) in [6, 6.07) is 13.8. The number of carbonyl (C=O) groups excluding carboxylic acids is 1. The highest BCUT2D eigenvalue weighted by atomic mass is 16.5. The molecule has 0 heterocycles. The number of ether oxygens (including phenoxy) is 2. The predicted octanol–water partition coefficient (Wildman–Crippen LogP) is 5.24. The van der Waals surface area contributed by atoms with E-state index in [9.17, 15) is 4.79 Å². The second kappa shape index (κ2) is 8.47. The van der Waals surface area contributed by atoms with Crippen LogP contribution in [0.1, 0.15) is 50.2 Å². The summed E-state index contributed by atoms with van der Waals surface area (Å²) >= 11 is 0. The van der Waals surface area contributed by atoms with Crippen LogP contribution in [0.3, 0.4) is 0 Å². The normalized spacial score (nSPS) is 15.8. The minimum atomic E-state index is -0.475. The molecular weight excluding hydrogens is 338 g/mol. The van der Waals surface area contributed by atoms with Crippen molar-refractivity contribution in [2.75, 3.05) is 19.0 Å². The van der Waals surface area contributed by atoms with Crippen LogP contribution in [0.2, 0.25) is 0 Å². The standard InChI is InChI=1S/C23H29NO3/c1-4-27-21-13-10-19(16-17(21)2)24-22(25)23(14-6-5-7-15-23)18-8-11-20(26-3)12-9-18/h8-13,16H,4-7,14-15H2,1-3H3,(H,24,25). The van der Waals surface area contributed by atoms with Crippen LogP contribution in [0, 0.1) is 6.92 Å². The van der Waals surface area contributed by atoms with E-state index in [2.05, 4.69) is 5.32 Å². The van der Waals surface area contributed by atoms with Gasteiger partial charge in [0.25, 0.3) is 0 Å². The molecule has 2 aromatic carbocycles.